The van der Waals surface area contributed by atoms with Gasteiger partial charge in [-0.15, -0.1) is 0 Å². The van der Waals surface area contributed by atoms with Gasteiger partial charge in [0.15, 0.2) is 0 Å². The molecular formula is C23H25ClN6O2. The Hall–Kier alpha value is -3.13. The molecule has 1 saturated heterocycles. The van der Waals surface area contributed by atoms with E-state index in [0.29, 0.717) is 18.0 Å². The fourth-order valence-electron chi connectivity index (χ4n) is 4.62. The molecule has 3 aromatic heterocycles. The number of carbonyl (C=O) groups is 2. The van der Waals surface area contributed by atoms with Gasteiger partial charge in [-0.1, -0.05) is 11.6 Å². The van der Waals surface area contributed by atoms with Crippen LogP contribution in [0.3, 0.4) is 0 Å². The van der Waals surface area contributed by atoms with Crippen molar-refractivity contribution in [2.75, 3.05) is 5.32 Å². The van der Waals surface area contributed by atoms with Gasteiger partial charge in [0.25, 0.3) is 0 Å². The van der Waals surface area contributed by atoms with Gasteiger partial charge >= 0.3 is 0 Å². The molecule has 0 aromatic carbocycles. The molecule has 5 rings (SSSR count). The second-order valence-corrected chi connectivity index (χ2v) is 8.91. The molecule has 1 aliphatic heterocycles. The molecule has 0 radical (unpaired) electrons. The Morgan fingerprint density at radius 1 is 1.12 bits per heavy atom. The summed E-state index contributed by atoms with van der Waals surface area (Å²) in [5, 5.41) is 10.8. The molecule has 166 valence electrons. The highest BCUT2D eigenvalue weighted by Gasteiger charge is 2.30. The molecule has 1 aliphatic carbocycles. The first-order valence-electron chi connectivity index (χ1n) is 11.0. The summed E-state index contributed by atoms with van der Waals surface area (Å²) in [6.45, 7) is 0. The van der Waals surface area contributed by atoms with Crippen LogP contribution in [0.15, 0.2) is 36.7 Å². The highest BCUT2D eigenvalue weighted by atomic mass is 35.5. The average molecular weight is 453 g/mol. The molecule has 2 fully saturated rings. The topological polar surface area (TPSA) is 112 Å². The zero-order valence-corrected chi connectivity index (χ0v) is 18.3. The second-order valence-electron chi connectivity index (χ2n) is 8.53. The SMILES string of the molecule is O=C1CC[C@@H](C(=O)NC2CCC(Nc3cc(-c4c[nH]c5ncccc45)cc(Cl)n3)CC2)N1. The lowest BCUT2D eigenvalue weighted by Gasteiger charge is -2.30. The number of hydrogen-bond acceptors (Lipinski definition) is 5. The predicted octanol–water partition coefficient (Wildman–Crippen LogP) is 3.40. The number of anilines is 1. The Kier molecular flexibility index (Phi) is 5.70. The lowest BCUT2D eigenvalue weighted by Crippen LogP contribution is -2.47. The summed E-state index contributed by atoms with van der Waals surface area (Å²) in [4.78, 5) is 35.7. The molecule has 0 unspecified atom stereocenters. The zero-order chi connectivity index (χ0) is 22.1. The van der Waals surface area contributed by atoms with Crippen molar-refractivity contribution in [2.24, 2.45) is 0 Å². The molecule has 0 spiro atoms. The number of rotatable bonds is 5. The van der Waals surface area contributed by atoms with Gasteiger partial charge < -0.3 is 20.9 Å². The number of aromatic amines is 1. The van der Waals surface area contributed by atoms with Crippen molar-refractivity contribution in [3.05, 3.63) is 41.8 Å². The van der Waals surface area contributed by atoms with Crippen molar-refractivity contribution in [3.63, 3.8) is 0 Å². The summed E-state index contributed by atoms with van der Waals surface area (Å²) >= 11 is 6.33. The number of amides is 2. The van der Waals surface area contributed by atoms with Crippen molar-refractivity contribution >= 4 is 40.3 Å². The van der Waals surface area contributed by atoms with Crippen LogP contribution in [0, 0.1) is 0 Å². The molecule has 8 nitrogen and oxygen atoms in total. The smallest absolute Gasteiger partial charge is 0.242 e. The number of nitrogens with one attached hydrogen (secondary N) is 4. The van der Waals surface area contributed by atoms with Crippen LogP contribution in [0.5, 0.6) is 0 Å². The van der Waals surface area contributed by atoms with Crippen molar-refractivity contribution < 1.29 is 9.59 Å². The maximum absolute atomic E-state index is 12.3. The van der Waals surface area contributed by atoms with Crippen LogP contribution in [0.25, 0.3) is 22.2 Å². The first-order valence-corrected chi connectivity index (χ1v) is 11.4. The van der Waals surface area contributed by atoms with Gasteiger partial charge in [-0.3, -0.25) is 9.59 Å². The van der Waals surface area contributed by atoms with E-state index < -0.39 is 0 Å². The third-order valence-corrected chi connectivity index (χ3v) is 6.49. The summed E-state index contributed by atoms with van der Waals surface area (Å²) in [7, 11) is 0. The molecule has 1 saturated carbocycles. The molecule has 2 aliphatic rings. The number of pyridine rings is 2. The Labute approximate surface area is 190 Å². The first-order chi connectivity index (χ1) is 15.5. The minimum Gasteiger partial charge on any atom is -0.367 e. The summed E-state index contributed by atoms with van der Waals surface area (Å²) in [6, 6.07) is 7.83. The third kappa shape index (κ3) is 4.41. The Bertz CT molecular complexity index is 1150. The molecule has 4 heterocycles. The fraction of sp³-hybridized carbons (Fsp3) is 0.391. The van der Waals surface area contributed by atoms with E-state index >= 15 is 0 Å². The van der Waals surface area contributed by atoms with E-state index in [1.807, 2.05) is 30.5 Å². The Balaban J connectivity index is 1.21. The van der Waals surface area contributed by atoms with E-state index in [4.69, 9.17) is 11.6 Å². The van der Waals surface area contributed by atoms with Crippen LogP contribution in [-0.2, 0) is 9.59 Å². The maximum atomic E-state index is 12.3. The van der Waals surface area contributed by atoms with Crippen LogP contribution >= 0.6 is 11.6 Å². The largest absolute Gasteiger partial charge is 0.367 e. The van der Waals surface area contributed by atoms with Crippen LogP contribution in [0.1, 0.15) is 38.5 Å². The number of hydrogen-bond donors (Lipinski definition) is 4. The van der Waals surface area contributed by atoms with E-state index in [9.17, 15) is 9.59 Å². The number of H-pyrrole nitrogens is 1. The quantitative estimate of drug-likeness (QED) is 0.443. The third-order valence-electron chi connectivity index (χ3n) is 6.29. The summed E-state index contributed by atoms with van der Waals surface area (Å²) < 4.78 is 0. The molecule has 4 N–H and O–H groups in total. The minimum atomic E-state index is -0.382. The molecule has 0 bridgehead atoms. The van der Waals surface area contributed by atoms with Crippen molar-refractivity contribution in [1.82, 2.24) is 25.6 Å². The molecule has 9 heteroatoms. The number of nitrogens with zero attached hydrogens (tertiary/aromatic N) is 2. The summed E-state index contributed by atoms with van der Waals surface area (Å²) in [5.74, 6) is 0.629. The predicted molar refractivity (Wildman–Crippen MR) is 123 cm³/mol. The van der Waals surface area contributed by atoms with Gasteiger partial charge in [-0.25, -0.2) is 9.97 Å². The minimum absolute atomic E-state index is 0.0460. The lowest BCUT2D eigenvalue weighted by atomic mass is 9.91. The first kappa shape index (κ1) is 20.8. The van der Waals surface area contributed by atoms with Gasteiger partial charge in [-0.2, -0.15) is 0 Å². The van der Waals surface area contributed by atoms with Gasteiger partial charge in [0.2, 0.25) is 11.8 Å². The van der Waals surface area contributed by atoms with Crippen LogP contribution in [0.4, 0.5) is 5.82 Å². The summed E-state index contributed by atoms with van der Waals surface area (Å²) in [6.07, 6.45) is 8.31. The van der Waals surface area contributed by atoms with E-state index in [2.05, 4.69) is 30.9 Å². The second kappa shape index (κ2) is 8.78. The van der Waals surface area contributed by atoms with E-state index in [-0.39, 0.29) is 29.9 Å². The summed E-state index contributed by atoms with van der Waals surface area (Å²) in [5.41, 5.74) is 2.85. The molecule has 2 amide bonds. The fourth-order valence-corrected chi connectivity index (χ4v) is 4.83. The van der Waals surface area contributed by atoms with Crippen LogP contribution in [0.2, 0.25) is 5.15 Å². The molecule has 1 atom stereocenters. The molecule has 3 aromatic rings. The van der Waals surface area contributed by atoms with Crippen molar-refractivity contribution in [2.45, 2.75) is 56.7 Å². The Morgan fingerprint density at radius 3 is 2.72 bits per heavy atom. The number of fused-ring (bicyclic) bond motifs is 1. The number of halogens is 1. The highest BCUT2D eigenvalue weighted by Crippen LogP contribution is 2.31. The van der Waals surface area contributed by atoms with Gasteiger partial charge in [0, 0.05) is 41.8 Å². The number of carbonyl (C=O) groups excluding carboxylic acids is 2. The number of aromatic nitrogens is 3. The molecular weight excluding hydrogens is 428 g/mol. The van der Waals surface area contributed by atoms with Crippen LogP contribution in [-0.4, -0.2) is 44.9 Å². The van der Waals surface area contributed by atoms with Crippen LogP contribution < -0.4 is 16.0 Å². The average Bonchev–Trinajstić information content (AvgIpc) is 3.41. The lowest BCUT2D eigenvalue weighted by molar-refractivity contribution is -0.126. The van der Waals surface area contributed by atoms with Gasteiger partial charge in [0.1, 0.15) is 22.7 Å². The van der Waals surface area contributed by atoms with Gasteiger partial charge in [-0.05, 0) is 61.9 Å². The maximum Gasteiger partial charge on any atom is 0.242 e. The molecule has 32 heavy (non-hydrogen) atoms. The normalized spacial score (nSPS) is 23.2. The van der Waals surface area contributed by atoms with Crippen molar-refractivity contribution in [3.8, 4) is 11.1 Å². The van der Waals surface area contributed by atoms with Crippen molar-refractivity contribution in [1.29, 1.82) is 0 Å². The standard InChI is InChI=1S/C23H25ClN6O2/c24-19-10-13(17-12-26-22-16(17)2-1-9-25-22)11-20(30-19)27-14-3-5-15(6-4-14)28-23(32)18-7-8-21(31)29-18/h1-2,9-12,14-15,18H,3-8H2,(H,25,26)(H,27,30)(H,28,32)(H,29,31)/t14?,15?,18-/m0/s1. The van der Waals surface area contributed by atoms with E-state index in [1.54, 1.807) is 6.20 Å². The van der Waals surface area contributed by atoms with E-state index in [0.717, 1.165) is 53.7 Å². The highest BCUT2D eigenvalue weighted by molar-refractivity contribution is 6.29. The van der Waals surface area contributed by atoms with Gasteiger partial charge in [0.05, 0.1) is 0 Å². The zero-order valence-electron chi connectivity index (χ0n) is 17.5. The van der Waals surface area contributed by atoms with E-state index in [1.165, 1.54) is 0 Å². The Morgan fingerprint density at radius 2 is 1.94 bits per heavy atom. The monoisotopic (exact) mass is 452 g/mol.